The van der Waals surface area contributed by atoms with Gasteiger partial charge in [-0.25, -0.2) is 0 Å². The zero-order valence-corrected chi connectivity index (χ0v) is 22.6. The fourth-order valence-corrected chi connectivity index (χ4v) is 6.49. The monoisotopic (exact) mass is 561 g/mol. The van der Waals surface area contributed by atoms with Crippen molar-refractivity contribution in [2.24, 2.45) is 0 Å². The predicted molar refractivity (Wildman–Crippen MR) is 144 cm³/mol. The lowest BCUT2D eigenvalue weighted by Gasteiger charge is -2.50. The summed E-state index contributed by atoms with van der Waals surface area (Å²) in [7, 11) is 1.58. The maximum absolute atomic E-state index is 13.7. The van der Waals surface area contributed by atoms with Crippen molar-refractivity contribution >= 4 is 29.5 Å². The second-order valence-corrected chi connectivity index (χ2v) is 10.8. The molecule has 2 fully saturated rings. The van der Waals surface area contributed by atoms with Gasteiger partial charge in [0.05, 0.1) is 24.8 Å². The number of carbonyl (C=O) groups is 3. The molecule has 0 spiro atoms. The van der Waals surface area contributed by atoms with Gasteiger partial charge in [-0.15, -0.1) is 0 Å². The van der Waals surface area contributed by atoms with Crippen LogP contribution in [-0.4, -0.2) is 66.2 Å². The van der Waals surface area contributed by atoms with Gasteiger partial charge in [0.15, 0.2) is 12.4 Å². The number of fused-ring (bicyclic) bond motifs is 2. The van der Waals surface area contributed by atoms with Crippen LogP contribution in [0.2, 0.25) is 0 Å². The molecule has 206 valence electrons. The molecule has 0 saturated carbocycles. The molecule has 1 unspecified atom stereocenters. The molecule has 0 aromatic heterocycles. The van der Waals surface area contributed by atoms with Crippen molar-refractivity contribution in [2.45, 2.75) is 47.9 Å². The lowest BCUT2D eigenvalue weighted by molar-refractivity contribution is -0.311. The van der Waals surface area contributed by atoms with Crippen molar-refractivity contribution in [3.63, 3.8) is 0 Å². The Balaban J connectivity index is 1.38. The lowest BCUT2D eigenvalue weighted by atomic mass is 9.95. The molecular weight excluding hydrogens is 534 g/mol. The normalized spacial score (nSPS) is 27.6. The van der Waals surface area contributed by atoms with Crippen molar-refractivity contribution in [2.75, 3.05) is 13.7 Å². The molecule has 6 atom stereocenters. The first kappa shape index (κ1) is 26.5. The summed E-state index contributed by atoms with van der Waals surface area (Å²) in [6, 6.07) is 22.4. The Labute approximate surface area is 235 Å². The molecule has 3 aliphatic heterocycles. The first-order chi connectivity index (χ1) is 19.4. The van der Waals surface area contributed by atoms with Gasteiger partial charge in [0.2, 0.25) is 0 Å². The van der Waals surface area contributed by atoms with Crippen LogP contribution in [0, 0.1) is 0 Å². The van der Waals surface area contributed by atoms with Gasteiger partial charge in [-0.1, -0.05) is 54.2 Å². The van der Waals surface area contributed by atoms with Crippen molar-refractivity contribution in [1.29, 1.82) is 0 Å². The molecule has 6 rings (SSSR count). The van der Waals surface area contributed by atoms with E-state index in [9.17, 15) is 14.4 Å². The number of ether oxygens (including phenoxy) is 5. The number of rotatable bonds is 6. The number of esters is 1. The zero-order chi connectivity index (χ0) is 27.8. The third-order valence-corrected chi connectivity index (χ3v) is 8.28. The minimum absolute atomic E-state index is 0.153. The van der Waals surface area contributed by atoms with Crippen molar-refractivity contribution < 1.29 is 38.1 Å². The molecule has 0 aliphatic carbocycles. The number of methoxy groups -OCH3 is 1. The van der Waals surface area contributed by atoms with E-state index in [-0.39, 0.29) is 6.61 Å². The number of amides is 2. The summed E-state index contributed by atoms with van der Waals surface area (Å²) in [6.45, 7) is 1.45. The molecule has 3 heterocycles. The third kappa shape index (κ3) is 4.88. The number of thioether (sulfide) groups is 1. The van der Waals surface area contributed by atoms with Crippen LogP contribution in [0.5, 0.6) is 5.75 Å². The van der Waals surface area contributed by atoms with Crippen LogP contribution < -0.4 is 4.74 Å². The van der Waals surface area contributed by atoms with Crippen LogP contribution in [0.25, 0.3) is 0 Å². The molecule has 10 heteroatoms. The molecule has 0 radical (unpaired) electrons. The van der Waals surface area contributed by atoms with Gasteiger partial charge in [0, 0.05) is 17.4 Å². The van der Waals surface area contributed by atoms with Crippen molar-refractivity contribution in [3.8, 4) is 5.75 Å². The van der Waals surface area contributed by atoms with Crippen LogP contribution in [-0.2, 0) is 23.7 Å². The van der Waals surface area contributed by atoms with Gasteiger partial charge < -0.3 is 23.7 Å². The highest BCUT2D eigenvalue weighted by Crippen LogP contribution is 2.43. The quantitative estimate of drug-likeness (QED) is 0.323. The van der Waals surface area contributed by atoms with Gasteiger partial charge in [-0.2, -0.15) is 0 Å². The van der Waals surface area contributed by atoms with E-state index in [1.807, 2.05) is 42.5 Å². The van der Waals surface area contributed by atoms with Crippen molar-refractivity contribution in [3.05, 3.63) is 95.6 Å². The van der Waals surface area contributed by atoms with Crippen LogP contribution >= 0.6 is 11.8 Å². The smallest absolute Gasteiger partial charge is 0.303 e. The summed E-state index contributed by atoms with van der Waals surface area (Å²) in [5.41, 5.74) is 0.561. The highest BCUT2D eigenvalue weighted by atomic mass is 32.2. The minimum Gasteiger partial charge on any atom is -0.497 e. The summed E-state index contributed by atoms with van der Waals surface area (Å²) in [5, 5.41) is 0. The summed E-state index contributed by atoms with van der Waals surface area (Å²) in [6.07, 6.45) is -3.22. The predicted octanol–water partition coefficient (Wildman–Crippen LogP) is 4.22. The molecule has 9 nitrogen and oxygen atoms in total. The van der Waals surface area contributed by atoms with E-state index < -0.39 is 53.9 Å². The SMILES string of the molecule is COc1ccc(C2OC[C@H]3O[C@@H](Sc4ccccc4)[C@H](N4C(=O)c5ccccc5C4=O)[C@@H](OC(C)=O)[C@@H]3O2)cc1. The van der Waals surface area contributed by atoms with Crippen LogP contribution in [0.4, 0.5) is 0 Å². The maximum Gasteiger partial charge on any atom is 0.303 e. The number of nitrogens with zero attached hydrogens (tertiary/aromatic N) is 1. The van der Waals surface area contributed by atoms with Gasteiger partial charge in [0.1, 0.15) is 29.4 Å². The van der Waals surface area contributed by atoms with E-state index in [4.69, 9.17) is 23.7 Å². The average molecular weight is 562 g/mol. The Bertz CT molecular complexity index is 1380. The second kappa shape index (κ2) is 11.1. The first-order valence-corrected chi connectivity index (χ1v) is 13.7. The molecule has 40 heavy (non-hydrogen) atoms. The van der Waals surface area contributed by atoms with E-state index >= 15 is 0 Å². The molecule has 0 N–H and O–H groups in total. The Morgan fingerprint density at radius 3 is 2.17 bits per heavy atom. The number of imide groups is 1. The van der Waals surface area contributed by atoms with Crippen molar-refractivity contribution in [1.82, 2.24) is 4.90 Å². The van der Waals surface area contributed by atoms with Gasteiger partial charge >= 0.3 is 5.97 Å². The van der Waals surface area contributed by atoms with Crippen LogP contribution in [0.15, 0.2) is 83.8 Å². The van der Waals surface area contributed by atoms with E-state index in [2.05, 4.69) is 0 Å². The minimum atomic E-state index is -1.01. The molecule has 3 aromatic carbocycles. The Morgan fingerprint density at radius 1 is 0.900 bits per heavy atom. The molecule has 3 aliphatic rings. The molecule has 2 amide bonds. The van der Waals surface area contributed by atoms with Crippen LogP contribution in [0.1, 0.15) is 39.5 Å². The average Bonchev–Trinajstić information content (AvgIpc) is 3.22. The maximum atomic E-state index is 13.7. The molecule has 2 saturated heterocycles. The molecule has 3 aromatic rings. The Kier molecular flexibility index (Phi) is 7.33. The van der Waals surface area contributed by atoms with Gasteiger partial charge in [-0.3, -0.25) is 19.3 Å². The number of carbonyl (C=O) groups excluding carboxylic acids is 3. The second-order valence-electron chi connectivity index (χ2n) is 9.60. The zero-order valence-electron chi connectivity index (χ0n) is 21.8. The summed E-state index contributed by atoms with van der Waals surface area (Å²) in [4.78, 5) is 41.8. The Hall–Kier alpha value is -3.70. The fraction of sp³-hybridized carbons (Fsp3) is 0.300. The van der Waals surface area contributed by atoms with Gasteiger partial charge in [0.25, 0.3) is 11.8 Å². The Morgan fingerprint density at radius 2 is 1.55 bits per heavy atom. The molecular formula is C30H27NO8S. The summed E-state index contributed by atoms with van der Waals surface area (Å²) in [5.74, 6) is -0.820. The van der Waals surface area contributed by atoms with Gasteiger partial charge in [-0.05, 0) is 36.4 Å². The summed E-state index contributed by atoms with van der Waals surface area (Å²) >= 11 is 1.35. The highest BCUT2D eigenvalue weighted by Gasteiger charge is 2.57. The topological polar surface area (TPSA) is 101 Å². The first-order valence-electron chi connectivity index (χ1n) is 12.9. The van der Waals surface area contributed by atoms with Crippen LogP contribution in [0.3, 0.4) is 0 Å². The fourth-order valence-electron chi connectivity index (χ4n) is 5.30. The number of benzene rings is 3. The summed E-state index contributed by atoms with van der Waals surface area (Å²) < 4.78 is 30.0. The standard InChI is InChI=1S/C30H27NO8S/c1-17(32)37-26-24(31-27(33)21-10-6-7-11-22(21)28(31)34)30(40-20-8-4-3-5-9-20)38-23-16-36-29(39-25(23)26)18-12-14-19(35-2)15-13-18/h3-15,23-26,29-30H,16H2,1-2H3/t23-,24-,25-,26-,29?,30+/m1/s1. The molecule has 0 bridgehead atoms. The van der Waals surface area contributed by atoms with E-state index in [1.54, 1.807) is 43.5 Å². The number of hydrogen-bond acceptors (Lipinski definition) is 9. The largest absolute Gasteiger partial charge is 0.497 e. The van der Waals surface area contributed by atoms with E-state index in [0.717, 1.165) is 15.4 Å². The number of hydrogen-bond donors (Lipinski definition) is 0. The van der Waals surface area contributed by atoms with E-state index in [0.29, 0.717) is 16.9 Å². The van der Waals surface area contributed by atoms with E-state index in [1.165, 1.54) is 18.7 Å². The lowest BCUT2D eigenvalue weighted by Crippen LogP contribution is -2.67. The highest BCUT2D eigenvalue weighted by molar-refractivity contribution is 7.99. The third-order valence-electron chi connectivity index (χ3n) is 7.12.